The second kappa shape index (κ2) is 8.22. The van der Waals surface area contributed by atoms with Gasteiger partial charge in [-0.25, -0.2) is 0 Å². The van der Waals surface area contributed by atoms with Crippen LogP contribution >= 0.6 is 0 Å². The van der Waals surface area contributed by atoms with Crippen LogP contribution in [0.5, 0.6) is 5.75 Å². The normalized spacial score (nSPS) is 11.7. The minimum absolute atomic E-state index is 0.103. The van der Waals surface area contributed by atoms with E-state index in [4.69, 9.17) is 4.74 Å². The lowest BCUT2D eigenvalue weighted by Crippen LogP contribution is -2.36. The first-order valence-electron chi connectivity index (χ1n) is 7.84. The number of ether oxygens (including phenoxy) is 1. The molecule has 2 aromatic rings. The average molecular weight is 312 g/mol. The van der Waals surface area contributed by atoms with Crippen molar-refractivity contribution < 1.29 is 9.53 Å². The van der Waals surface area contributed by atoms with E-state index in [0.717, 1.165) is 17.7 Å². The number of rotatable bonds is 8. The molecule has 23 heavy (non-hydrogen) atoms. The Balaban J connectivity index is 2.19. The van der Waals surface area contributed by atoms with Gasteiger partial charge in [-0.15, -0.1) is 6.58 Å². The Morgan fingerprint density at radius 2 is 2.09 bits per heavy atom. The van der Waals surface area contributed by atoms with Gasteiger partial charge in [-0.1, -0.05) is 25.1 Å². The van der Waals surface area contributed by atoms with E-state index in [2.05, 4.69) is 6.58 Å². The molecule has 4 heteroatoms. The summed E-state index contributed by atoms with van der Waals surface area (Å²) < 4.78 is 7.22. The van der Waals surface area contributed by atoms with Gasteiger partial charge in [-0.05, 0) is 36.2 Å². The Bertz CT molecular complexity index is 635. The van der Waals surface area contributed by atoms with Gasteiger partial charge in [0.1, 0.15) is 11.8 Å². The number of hydrogen-bond donors (Lipinski definition) is 0. The first-order valence-corrected chi connectivity index (χ1v) is 7.84. The number of hydrogen-bond acceptors (Lipinski definition) is 2. The quantitative estimate of drug-likeness (QED) is 0.697. The number of nitrogens with zero attached hydrogens (tertiary/aromatic N) is 2. The van der Waals surface area contributed by atoms with E-state index in [9.17, 15) is 4.79 Å². The van der Waals surface area contributed by atoms with Gasteiger partial charge in [-0.2, -0.15) is 0 Å². The number of carbonyl (C=O) groups excluding carboxylic acids is 1. The number of aromatic nitrogens is 1. The molecule has 1 aromatic heterocycles. The maximum absolute atomic E-state index is 12.9. The molecule has 0 saturated carbocycles. The van der Waals surface area contributed by atoms with Crippen molar-refractivity contribution in [3.63, 3.8) is 0 Å². The lowest BCUT2D eigenvalue weighted by atomic mass is 10.1. The lowest BCUT2D eigenvalue weighted by Gasteiger charge is -2.27. The van der Waals surface area contributed by atoms with Gasteiger partial charge in [0, 0.05) is 25.5 Å². The Morgan fingerprint density at radius 1 is 1.35 bits per heavy atom. The van der Waals surface area contributed by atoms with Gasteiger partial charge in [-0.3, -0.25) is 4.79 Å². The molecule has 0 unspecified atom stereocenters. The van der Waals surface area contributed by atoms with Gasteiger partial charge >= 0.3 is 0 Å². The van der Waals surface area contributed by atoms with Crippen molar-refractivity contribution in [2.24, 2.45) is 0 Å². The fraction of sp³-hybridized carbons (Fsp3) is 0.316. The summed E-state index contributed by atoms with van der Waals surface area (Å²) in [5.41, 5.74) is 1.04. The molecule has 1 atom stereocenters. The molecule has 0 radical (unpaired) electrons. The monoisotopic (exact) mass is 312 g/mol. The topological polar surface area (TPSA) is 34.5 Å². The molecule has 0 aliphatic heterocycles. The zero-order valence-corrected chi connectivity index (χ0v) is 13.8. The van der Waals surface area contributed by atoms with Gasteiger partial charge in [0.15, 0.2) is 0 Å². The molecular weight excluding hydrogens is 288 g/mol. The number of methoxy groups -OCH3 is 1. The molecule has 0 N–H and O–H groups in total. The van der Waals surface area contributed by atoms with Crippen LogP contribution in [0.1, 0.15) is 24.9 Å². The summed E-state index contributed by atoms with van der Waals surface area (Å²) in [7, 11) is 1.64. The molecule has 4 nitrogen and oxygen atoms in total. The van der Waals surface area contributed by atoms with Crippen LogP contribution in [-0.4, -0.2) is 29.0 Å². The zero-order chi connectivity index (χ0) is 16.7. The molecule has 1 amide bonds. The van der Waals surface area contributed by atoms with E-state index < -0.39 is 0 Å². The summed E-state index contributed by atoms with van der Waals surface area (Å²) in [5, 5.41) is 0. The average Bonchev–Trinajstić information content (AvgIpc) is 3.09. The van der Waals surface area contributed by atoms with Crippen LogP contribution in [0.2, 0.25) is 0 Å². The minimum Gasteiger partial charge on any atom is -0.497 e. The molecule has 0 aliphatic rings. The van der Waals surface area contributed by atoms with Crippen molar-refractivity contribution in [3.8, 4) is 5.75 Å². The highest BCUT2D eigenvalue weighted by atomic mass is 16.5. The number of carbonyl (C=O) groups is 1. The summed E-state index contributed by atoms with van der Waals surface area (Å²) in [5.74, 6) is 0.900. The van der Waals surface area contributed by atoms with Crippen molar-refractivity contribution in [3.05, 3.63) is 67.0 Å². The van der Waals surface area contributed by atoms with Crippen LogP contribution in [0.3, 0.4) is 0 Å². The smallest absolute Gasteiger partial charge is 0.246 e. The molecule has 0 saturated heterocycles. The molecule has 2 rings (SSSR count). The third-order valence-corrected chi connectivity index (χ3v) is 3.83. The van der Waals surface area contributed by atoms with Crippen LogP contribution in [0.25, 0.3) is 0 Å². The predicted molar refractivity (Wildman–Crippen MR) is 92.4 cm³/mol. The van der Waals surface area contributed by atoms with Gasteiger partial charge in [0.05, 0.1) is 7.11 Å². The summed E-state index contributed by atoms with van der Waals surface area (Å²) >= 11 is 0. The van der Waals surface area contributed by atoms with Gasteiger partial charge in [0.2, 0.25) is 5.91 Å². The first-order chi connectivity index (χ1) is 11.2. The molecule has 0 spiro atoms. The van der Waals surface area contributed by atoms with E-state index in [1.807, 2.05) is 65.2 Å². The van der Waals surface area contributed by atoms with E-state index in [0.29, 0.717) is 13.1 Å². The summed E-state index contributed by atoms with van der Waals surface area (Å²) in [4.78, 5) is 14.8. The standard InChI is InChI=1S/C19H24N2O2/c1-4-11-21(15-16-9-8-10-17(14-16)23-3)19(22)18(5-2)20-12-6-7-13-20/h4,6-10,12-14,18H,1,5,11,15H2,2-3H3/t18-/m0/s1. The van der Waals surface area contributed by atoms with Crippen LogP contribution in [0, 0.1) is 0 Å². The molecule has 0 bridgehead atoms. The van der Waals surface area contributed by atoms with Gasteiger partial charge < -0.3 is 14.2 Å². The molecule has 122 valence electrons. The van der Waals surface area contributed by atoms with Crippen molar-refractivity contribution in [2.45, 2.75) is 25.9 Å². The van der Waals surface area contributed by atoms with Crippen LogP contribution in [0.4, 0.5) is 0 Å². The van der Waals surface area contributed by atoms with Crippen molar-refractivity contribution in [1.29, 1.82) is 0 Å². The zero-order valence-electron chi connectivity index (χ0n) is 13.8. The minimum atomic E-state index is -0.185. The maximum atomic E-state index is 12.9. The third-order valence-electron chi connectivity index (χ3n) is 3.83. The molecule has 0 fully saturated rings. The second-order valence-electron chi connectivity index (χ2n) is 5.41. The summed E-state index contributed by atoms with van der Waals surface area (Å²) in [6.45, 7) is 6.87. The molecule has 1 aromatic carbocycles. The van der Waals surface area contributed by atoms with E-state index in [1.165, 1.54) is 0 Å². The second-order valence-corrected chi connectivity index (χ2v) is 5.41. The predicted octanol–water partition coefficient (Wildman–Crippen LogP) is 3.66. The first kappa shape index (κ1) is 16.9. The highest BCUT2D eigenvalue weighted by Crippen LogP contribution is 2.19. The Hall–Kier alpha value is -2.49. The highest BCUT2D eigenvalue weighted by molar-refractivity contribution is 5.80. The SMILES string of the molecule is C=CCN(Cc1cccc(OC)c1)C(=O)[C@H](CC)n1cccc1. The van der Waals surface area contributed by atoms with E-state index in [1.54, 1.807) is 13.2 Å². The maximum Gasteiger partial charge on any atom is 0.246 e. The van der Waals surface area contributed by atoms with Crippen LogP contribution in [-0.2, 0) is 11.3 Å². The fourth-order valence-electron chi connectivity index (χ4n) is 2.66. The Kier molecular flexibility index (Phi) is 6.03. The van der Waals surface area contributed by atoms with Crippen LogP contribution in [0.15, 0.2) is 61.4 Å². The van der Waals surface area contributed by atoms with Crippen molar-refractivity contribution in [2.75, 3.05) is 13.7 Å². The Morgan fingerprint density at radius 3 is 2.70 bits per heavy atom. The fourth-order valence-corrected chi connectivity index (χ4v) is 2.66. The van der Waals surface area contributed by atoms with E-state index >= 15 is 0 Å². The summed E-state index contributed by atoms with van der Waals surface area (Å²) in [6.07, 6.45) is 6.38. The van der Waals surface area contributed by atoms with Crippen LogP contribution < -0.4 is 4.74 Å². The molecular formula is C19H24N2O2. The Labute approximate surface area is 138 Å². The molecule has 0 aliphatic carbocycles. The third kappa shape index (κ3) is 4.25. The van der Waals surface area contributed by atoms with Crippen molar-refractivity contribution in [1.82, 2.24) is 9.47 Å². The van der Waals surface area contributed by atoms with E-state index in [-0.39, 0.29) is 11.9 Å². The highest BCUT2D eigenvalue weighted by Gasteiger charge is 2.23. The molecule has 1 heterocycles. The largest absolute Gasteiger partial charge is 0.497 e. The number of benzene rings is 1. The van der Waals surface area contributed by atoms with Crippen molar-refractivity contribution >= 4 is 5.91 Å². The summed E-state index contributed by atoms with van der Waals surface area (Å²) in [6, 6.07) is 11.5. The number of amides is 1. The van der Waals surface area contributed by atoms with Gasteiger partial charge in [0.25, 0.3) is 0 Å². The lowest BCUT2D eigenvalue weighted by molar-refractivity contribution is -0.135.